The van der Waals surface area contributed by atoms with E-state index in [-0.39, 0.29) is 23.5 Å². The number of alkyl halides is 3. The molecule has 3 rings (SSSR count). The number of anilines is 1. The summed E-state index contributed by atoms with van der Waals surface area (Å²) in [6.07, 6.45) is 1.41. The predicted molar refractivity (Wildman–Crippen MR) is 112 cm³/mol. The van der Waals surface area contributed by atoms with Crippen molar-refractivity contribution in [3.05, 3.63) is 70.2 Å². The van der Waals surface area contributed by atoms with Crippen LogP contribution in [0.2, 0.25) is 0 Å². The standard InChI is InChI=1S/C22H22F4N4O/c1-12(8-9-23)30-11-16-18(10-19(30)31)28-14(3)29-21(16)27-13(2)15-6-5-7-17(20(15)24)22(4,25)26/h5-7,10-11,13H,1,8-9H2,2-4H3,(H,27,28,29)/t13-/m1/s1. The van der Waals surface area contributed by atoms with E-state index >= 15 is 0 Å². The Hall–Kier alpha value is -3.23. The summed E-state index contributed by atoms with van der Waals surface area (Å²) in [6, 6.07) is 4.38. The number of aryl methyl sites for hydroxylation is 1. The van der Waals surface area contributed by atoms with E-state index in [1.807, 2.05) is 0 Å². The second-order valence-corrected chi connectivity index (χ2v) is 7.37. The van der Waals surface area contributed by atoms with E-state index in [1.165, 1.54) is 29.0 Å². The van der Waals surface area contributed by atoms with Crippen LogP contribution >= 0.6 is 0 Å². The van der Waals surface area contributed by atoms with Gasteiger partial charge in [0.25, 0.3) is 11.5 Å². The molecule has 0 amide bonds. The van der Waals surface area contributed by atoms with Crippen LogP contribution in [0.5, 0.6) is 0 Å². The first-order chi connectivity index (χ1) is 14.5. The first kappa shape index (κ1) is 22.5. The summed E-state index contributed by atoms with van der Waals surface area (Å²) in [5.74, 6) is -3.69. The number of fused-ring (bicyclic) bond motifs is 1. The normalized spacial score (nSPS) is 12.7. The predicted octanol–water partition coefficient (Wildman–Crippen LogP) is 5.35. The van der Waals surface area contributed by atoms with Gasteiger partial charge in [-0.2, -0.15) is 0 Å². The number of hydrogen-bond acceptors (Lipinski definition) is 4. The lowest BCUT2D eigenvalue weighted by molar-refractivity contribution is 0.0136. The molecule has 0 saturated carbocycles. The fourth-order valence-electron chi connectivity index (χ4n) is 3.31. The van der Waals surface area contributed by atoms with Gasteiger partial charge >= 0.3 is 0 Å². The van der Waals surface area contributed by atoms with Crippen LogP contribution in [-0.2, 0) is 5.92 Å². The number of hydrogen-bond donors (Lipinski definition) is 1. The summed E-state index contributed by atoms with van der Waals surface area (Å²) in [4.78, 5) is 20.9. The highest BCUT2D eigenvalue weighted by Gasteiger charge is 2.30. The van der Waals surface area contributed by atoms with E-state index in [0.717, 1.165) is 6.07 Å². The Morgan fingerprint density at radius 2 is 2.03 bits per heavy atom. The molecular formula is C22H22F4N4O. The highest BCUT2D eigenvalue weighted by Crippen LogP contribution is 2.33. The van der Waals surface area contributed by atoms with E-state index in [9.17, 15) is 22.4 Å². The number of nitrogens with one attached hydrogen (secondary N) is 1. The number of rotatable bonds is 7. The highest BCUT2D eigenvalue weighted by atomic mass is 19.3. The van der Waals surface area contributed by atoms with E-state index < -0.39 is 35.6 Å². The Labute approximate surface area is 176 Å². The maximum atomic E-state index is 14.8. The molecule has 2 heterocycles. The van der Waals surface area contributed by atoms with Crippen molar-refractivity contribution in [2.45, 2.75) is 39.2 Å². The Morgan fingerprint density at radius 1 is 1.32 bits per heavy atom. The van der Waals surface area contributed by atoms with Gasteiger partial charge in [-0.15, -0.1) is 0 Å². The molecular weight excluding hydrogens is 412 g/mol. The Morgan fingerprint density at radius 3 is 2.68 bits per heavy atom. The lowest BCUT2D eigenvalue weighted by Gasteiger charge is -2.20. The summed E-state index contributed by atoms with van der Waals surface area (Å²) < 4.78 is 56.1. The summed E-state index contributed by atoms with van der Waals surface area (Å²) in [5, 5.41) is 3.45. The van der Waals surface area contributed by atoms with Gasteiger partial charge in [0.1, 0.15) is 17.5 Å². The van der Waals surface area contributed by atoms with Gasteiger partial charge in [0.05, 0.1) is 29.2 Å². The number of aromatic nitrogens is 3. The number of halogens is 4. The van der Waals surface area contributed by atoms with Crippen LogP contribution in [-0.4, -0.2) is 21.2 Å². The fourth-order valence-corrected chi connectivity index (χ4v) is 3.31. The minimum Gasteiger partial charge on any atom is -0.363 e. The molecule has 0 aliphatic heterocycles. The summed E-state index contributed by atoms with van der Waals surface area (Å²) in [6.45, 7) is 6.92. The van der Waals surface area contributed by atoms with Gasteiger partial charge in [0.2, 0.25) is 0 Å². The number of allylic oxidation sites excluding steroid dienone is 1. The molecule has 0 spiro atoms. The molecule has 1 N–H and O–H groups in total. The molecule has 9 heteroatoms. The van der Waals surface area contributed by atoms with Crippen molar-refractivity contribution >= 4 is 22.4 Å². The average Bonchev–Trinajstić information content (AvgIpc) is 2.66. The highest BCUT2D eigenvalue weighted by molar-refractivity contribution is 5.89. The fraction of sp³-hybridized carbons (Fsp3) is 0.318. The molecule has 0 fully saturated rings. The maximum Gasteiger partial charge on any atom is 0.273 e. The number of pyridine rings is 1. The largest absolute Gasteiger partial charge is 0.363 e. The molecule has 164 valence electrons. The molecule has 31 heavy (non-hydrogen) atoms. The third-order valence-electron chi connectivity index (χ3n) is 4.89. The molecule has 0 bridgehead atoms. The number of nitrogens with zero attached hydrogens (tertiary/aromatic N) is 3. The van der Waals surface area contributed by atoms with E-state index in [4.69, 9.17) is 0 Å². The maximum absolute atomic E-state index is 14.8. The minimum absolute atomic E-state index is 0.0273. The molecule has 3 aromatic rings. The van der Waals surface area contributed by atoms with E-state index in [1.54, 1.807) is 13.8 Å². The van der Waals surface area contributed by atoms with Gasteiger partial charge in [-0.1, -0.05) is 24.8 Å². The average molecular weight is 434 g/mol. The van der Waals surface area contributed by atoms with Crippen molar-refractivity contribution < 1.29 is 17.6 Å². The molecule has 0 saturated heterocycles. The third kappa shape index (κ3) is 4.60. The van der Waals surface area contributed by atoms with Gasteiger partial charge in [-0.05, 0) is 13.8 Å². The van der Waals surface area contributed by atoms with Crippen LogP contribution in [0, 0.1) is 12.7 Å². The minimum atomic E-state index is -3.33. The van der Waals surface area contributed by atoms with Crippen molar-refractivity contribution in [1.82, 2.24) is 14.5 Å². The molecule has 2 aromatic heterocycles. The van der Waals surface area contributed by atoms with Crippen LogP contribution in [0.25, 0.3) is 16.6 Å². The zero-order valence-corrected chi connectivity index (χ0v) is 17.3. The van der Waals surface area contributed by atoms with Crippen LogP contribution in [0.3, 0.4) is 0 Å². The van der Waals surface area contributed by atoms with Gasteiger partial charge in [0.15, 0.2) is 0 Å². The van der Waals surface area contributed by atoms with E-state index in [2.05, 4.69) is 21.9 Å². The van der Waals surface area contributed by atoms with Crippen molar-refractivity contribution in [2.75, 3.05) is 12.0 Å². The first-order valence-corrected chi connectivity index (χ1v) is 9.61. The molecule has 0 aliphatic carbocycles. The second-order valence-electron chi connectivity index (χ2n) is 7.37. The van der Waals surface area contributed by atoms with Gasteiger partial charge in [-0.25, -0.2) is 23.1 Å². The van der Waals surface area contributed by atoms with Crippen LogP contribution in [0.4, 0.5) is 23.4 Å². The van der Waals surface area contributed by atoms with Gasteiger partial charge < -0.3 is 5.32 Å². The smallest absolute Gasteiger partial charge is 0.273 e. The molecule has 0 unspecified atom stereocenters. The lowest BCUT2D eigenvalue weighted by Crippen LogP contribution is -2.19. The van der Waals surface area contributed by atoms with E-state index in [0.29, 0.717) is 23.7 Å². The molecule has 1 aromatic carbocycles. The zero-order chi connectivity index (χ0) is 22.9. The molecule has 0 aliphatic rings. The number of benzene rings is 1. The summed E-state index contributed by atoms with van der Waals surface area (Å²) in [7, 11) is 0. The topological polar surface area (TPSA) is 59.8 Å². The van der Waals surface area contributed by atoms with Crippen molar-refractivity contribution in [1.29, 1.82) is 0 Å². The molecule has 5 nitrogen and oxygen atoms in total. The van der Waals surface area contributed by atoms with Gasteiger partial charge in [0, 0.05) is 36.9 Å². The van der Waals surface area contributed by atoms with Gasteiger partial charge in [-0.3, -0.25) is 13.8 Å². The van der Waals surface area contributed by atoms with Crippen LogP contribution < -0.4 is 10.9 Å². The van der Waals surface area contributed by atoms with Crippen LogP contribution in [0.15, 0.2) is 41.8 Å². The Kier molecular flexibility index (Phi) is 6.15. The van der Waals surface area contributed by atoms with Crippen molar-refractivity contribution in [3.63, 3.8) is 0 Å². The summed E-state index contributed by atoms with van der Waals surface area (Å²) in [5.41, 5.74) is -0.479. The summed E-state index contributed by atoms with van der Waals surface area (Å²) >= 11 is 0. The Balaban J connectivity index is 2.08. The van der Waals surface area contributed by atoms with Crippen LogP contribution in [0.1, 0.15) is 43.3 Å². The first-order valence-electron chi connectivity index (χ1n) is 9.61. The molecule has 0 radical (unpaired) electrons. The van der Waals surface area contributed by atoms with Crippen molar-refractivity contribution in [2.24, 2.45) is 0 Å². The van der Waals surface area contributed by atoms with Crippen molar-refractivity contribution in [3.8, 4) is 0 Å². The molecule has 1 atom stereocenters. The zero-order valence-electron chi connectivity index (χ0n) is 17.3. The lowest BCUT2D eigenvalue weighted by atomic mass is 10.0. The second kappa shape index (κ2) is 8.49. The third-order valence-corrected chi connectivity index (χ3v) is 4.89. The quantitative estimate of drug-likeness (QED) is 0.509. The SMILES string of the molecule is C=C(CCF)n1cc2c(N[C@H](C)c3cccc(C(C)(F)F)c3F)nc(C)nc2cc1=O. The Bertz CT molecular complexity index is 1200. The monoisotopic (exact) mass is 434 g/mol.